The van der Waals surface area contributed by atoms with Gasteiger partial charge in [-0.1, -0.05) is 60.7 Å². The second kappa shape index (κ2) is 3.60. The molecule has 1 aliphatic carbocycles. The van der Waals surface area contributed by atoms with Crippen molar-refractivity contribution in [3.63, 3.8) is 0 Å². The molecule has 78 valence electrons. The van der Waals surface area contributed by atoms with Gasteiger partial charge in [-0.3, -0.25) is 4.79 Å². The first kappa shape index (κ1) is 9.34. The summed E-state index contributed by atoms with van der Waals surface area (Å²) in [5.41, 5.74) is 2.28. The summed E-state index contributed by atoms with van der Waals surface area (Å²) in [5, 5.41) is 0. The Balaban J connectivity index is 1.90. The van der Waals surface area contributed by atoms with E-state index in [0.29, 0.717) is 5.78 Å². The molecule has 0 spiro atoms. The summed E-state index contributed by atoms with van der Waals surface area (Å²) in [6.07, 6.45) is 0. The number of hydrogen-bond donors (Lipinski definition) is 0. The number of rotatable bonds is 2. The summed E-state index contributed by atoms with van der Waals surface area (Å²) in [4.78, 5) is 11.8. The van der Waals surface area contributed by atoms with Crippen molar-refractivity contribution >= 4 is 5.78 Å². The summed E-state index contributed by atoms with van der Waals surface area (Å²) >= 11 is 0. The van der Waals surface area contributed by atoms with Crippen LogP contribution in [0.25, 0.3) is 0 Å². The van der Waals surface area contributed by atoms with Crippen LogP contribution < -0.4 is 0 Å². The molecule has 2 unspecified atom stereocenters. The third-order valence-electron chi connectivity index (χ3n) is 3.15. The van der Waals surface area contributed by atoms with Crippen LogP contribution in [0.3, 0.4) is 0 Å². The number of carbonyl (C=O) groups excluding carboxylic acids is 1. The lowest BCUT2D eigenvalue weighted by Gasteiger charge is -1.98. The Hall–Kier alpha value is -1.89. The molecular formula is C15H12O. The van der Waals surface area contributed by atoms with E-state index in [1.807, 2.05) is 60.7 Å². The summed E-state index contributed by atoms with van der Waals surface area (Å²) in [7, 11) is 0. The van der Waals surface area contributed by atoms with Crippen LogP contribution in [0.5, 0.6) is 0 Å². The van der Waals surface area contributed by atoms with E-state index in [-0.39, 0.29) is 11.8 Å². The lowest BCUT2D eigenvalue weighted by molar-refractivity contribution is -0.110. The maximum Gasteiger partial charge on any atom is 0.149 e. The zero-order valence-corrected chi connectivity index (χ0v) is 8.84. The van der Waals surface area contributed by atoms with E-state index < -0.39 is 0 Å². The van der Waals surface area contributed by atoms with Crippen LogP contribution in [0, 0.1) is 0 Å². The van der Waals surface area contributed by atoms with Crippen molar-refractivity contribution in [1.29, 1.82) is 0 Å². The third-order valence-corrected chi connectivity index (χ3v) is 3.15. The molecule has 1 aliphatic rings. The van der Waals surface area contributed by atoms with Crippen LogP contribution in [0.15, 0.2) is 60.7 Å². The number of hydrogen-bond acceptors (Lipinski definition) is 1. The molecule has 0 bridgehead atoms. The summed E-state index contributed by atoms with van der Waals surface area (Å²) < 4.78 is 0. The molecule has 0 N–H and O–H groups in total. The quantitative estimate of drug-likeness (QED) is 0.741. The smallest absolute Gasteiger partial charge is 0.149 e. The average molecular weight is 208 g/mol. The highest BCUT2D eigenvalue weighted by molar-refractivity contribution is 6.09. The molecule has 0 aromatic heterocycles. The van der Waals surface area contributed by atoms with Gasteiger partial charge < -0.3 is 0 Å². The van der Waals surface area contributed by atoms with Crippen molar-refractivity contribution in [2.45, 2.75) is 11.8 Å². The minimum Gasteiger partial charge on any atom is -0.298 e. The van der Waals surface area contributed by atoms with Gasteiger partial charge in [-0.2, -0.15) is 0 Å². The van der Waals surface area contributed by atoms with Gasteiger partial charge >= 0.3 is 0 Å². The fourth-order valence-corrected chi connectivity index (χ4v) is 2.27. The van der Waals surface area contributed by atoms with Gasteiger partial charge in [0.05, 0.1) is 11.8 Å². The van der Waals surface area contributed by atoms with Crippen LogP contribution in [0.2, 0.25) is 0 Å². The molecule has 2 atom stereocenters. The van der Waals surface area contributed by atoms with E-state index in [1.54, 1.807) is 0 Å². The van der Waals surface area contributed by atoms with Crippen LogP contribution >= 0.6 is 0 Å². The number of carbonyl (C=O) groups is 1. The highest BCUT2D eigenvalue weighted by Crippen LogP contribution is 2.50. The average Bonchev–Trinajstić information content (AvgIpc) is 3.03. The molecule has 0 radical (unpaired) electrons. The second-order valence-corrected chi connectivity index (χ2v) is 4.18. The minimum atomic E-state index is 0.0867. The van der Waals surface area contributed by atoms with Crippen molar-refractivity contribution in [1.82, 2.24) is 0 Å². The summed E-state index contributed by atoms with van der Waals surface area (Å²) in [6, 6.07) is 20.0. The van der Waals surface area contributed by atoms with E-state index in [4.69, 9.17) is 0 Å². The van der Waals surface area contributed by atoms with Crippen molar-refractivity contribution in [3.8, 4) is 0 Å². The van der Waals surface area contributed by atoms with E-state index in [0.717, 1.165) is 11.1 Å². The van der Waals surface area contributed by atoms with Crippen LogP contribution in [0.4, 0.5) is 0 Å². The zero-order chi connectivity index (χ0) is 11.0. The molecule has 0 amide bonds. The van der Waals surface area contributed by atoms with Gasteiger partial charge in [0, 0.05) is 0 Å². The summed E-state index contributed by atoms with van der Waals surface area (Å²) in [6.45, 7) is 0. The molecular weight excluding hydrogens is 196 g/mol. The minimum absolute atomic E-state index is 0.0867. The van der Waals surface area contributed by atoms with Gasteiger partial charge in [-0.05, 0) is 11.1 Å². The molecule has 0 saturated heterocycles. The van der Waals surface area contributed by atoms with Gasteiger partial charge in [0.1, 0.15) is 5.78 Å². The Labute approximate surface area is 94.7 Å². The SMILES string of the molecule is O=C1C(c2ccccc2)C1c1ccccc1. The standard InChI is InChI=1S/C15H12O/c16-15-13(11-7-3-1-4-8-11)14(15)12-9-5-2-6-10-12/h1-10,13-14H. The highest BCUT2D eigenvalue weighted by atomic mass is 16.1. The van der Waals surface area contributed by atoms with Gasteiger partial charge in [0.25, 0.3) is 0 Å². The third kappa shape index (κ3) is 1.45. The Morgan fingerprint density at radius 1 is 0.625 bits per heavy atom. The van der Waals surface area contributed by atoms with Crippen molar-refractivity contribution in [3.05, 3.63) is 71.8 Å². The number of Topliss-reactive ketones (excluding diaryl/α,β-unsaturated/α-hetero) is 1. The van der Waals surface area contributed by atoms with E-state index in [2.05, 4.69) is 0 Å². The molecule has 1 fully saturated rings. The zero-order valence-electron chi connectivity index (χ0n) is 8.84. The fraction of sp³-hybridized carbons (Fsp3) is 0.133. The van der Waals surface area contributed by atoms with E-state index in [1.165, 1.54) is 0 Å². The predicted octanol–water partition coefficient (Wildman–Crippen LogP) is 3.14. The van der Waals surface area contributed by atoms with Crippen LogP contribution in [0.1, 0.15) is 23.0 Å². The summed E-state index contributed by atoms with van der Waals surface area (Å²) in [5.74, 6) is 0.518. The highest BCUT2D eigenvalue weighted by Gasteiger charge is 2.50. The Bertz CT molecular complexity index is 454. The Morgan fingerprint density at radius 3 is 1.38 bits per heavy atom. The number of benzene rings is 2. The monoisotopic (exact) mass is 208 g/mol. The molecule has 1 heteroatoms. The maximum absolute atomic E-state index is 11.8. The van der Waals surface area contributed by atoms with Crippen LogP contribution in [-0.4, -0.2) is 5.78 Å². The van der Waals surface area contributed by atoms with Crippen LogP contribution in [-0.2, 0) is 4.79 Å². The predicted molar refractivity (Wildman–Crippen MR) is 63.4 cm³/mol. The first-order chi connectivity index (χ1) is 7.88. The molecule has 0 aliphatic heterocycles. The molecule has 1 saturated carbocycles. The largest absolute Gasteiger partial charge is 0.298 e. The molecule has 0 heterocycles. The van der Waals surface area contributed by atoms with E-state index in [9.17, 15) is 4.79 Å². The molecule has 2 aromatic carbocycles. The Kier molecular flexibility index (Phi) is 2.10. The fourth-order valence-electron chi connectivity index (χ4n) is 2.27. The topological polar surface area (TPSA) is 17.1 Å². The van der Waals surface area contributed by atoms with Gasteiger partial charge in [0.2, 0.25) is 0 Å². The number of ketones is 1. The van der Waals surface area contributed by atoms with Crippen molar-refractivity contribution in [2.75, 3.05) is 0 Å². The van der Waals surface area contributed by atoms with E-state index >= 15 is 0 Å². The normalized spacial score (nSPS) is 23.1. The molecule has 16 heavy (non-hydrogen) atoms. The second-order valence-electron chi connectivity index (χ2n) is 4.18. The first-order valence-corrected chi connectivity index (χ1v) is 5.51. The lowest BCUT2D eigenvalue weighted by Crippen LogP contribution is -1.82. The van der Waals surface area contributed by atoms with Gasteiger partial charge in [-0.15, -0.1) is 0 Å². The van der Waals surface area contributed by atoms with Crippen molar-refractivity contribution in [2.24, 2.45) is 0 Å². The Morgan fingerprint density at radius 2 is 1.00 bits per heavy atom. The first-order valence-electron chi connectivity index (χ1n) is 5.51. The van der Waals surface area contributed by atoms with Gasteiger partial charge in [0.15, 0.2) is 0 Å². The van der Waals surface area contributed by atoms with Gasteiger partial charge in [-0.25, -0.2) is 0 Å². The molecule has 2 aromatic rings. The lowest BCUT2D eigenvalue weighted by atomic mass is 10.0. The van der Waals surface area contributed by atoms with Crippen molar-refractivity contribution < 1.29 is 4.79 Å². The molecule has 1 nitrogen and oxygen atoms in total. The maximum atomic E-state index is 11.8. The molecule has 3 rings (SSSR count).